The second-order valence-electron chi connectivity index (χ2n) is 7.08. The van der Waals surface area contributed by atoms with E-state index in [2.05, 4.69) is 20.6 Å². The molecule has 9 heteroatoms. The molecule has 0 fully saturated rings. The van der Waals surface area contributed by atoms with E-state index in [1.54, 1.807) is 29.1 Å². The average Bonchev–Trinajstić information content (AvgIpc) is 3.40. The molecule has 2 aromatic heterocycles. The van der Waals surface area contributed by atoms with Crippen molar-refractivity contribution in [2.45, 2.75) is 25.0 Å². The summed E-state index contributed by atoms with van der Waals surface area (Å²) < 4.78 is 17.0. The van der Waals surface area contributed by atoms with Crippen LogP contribution in [-0.4, -0.2) is 36.2 Å². The number of carbonyl (C=O) groups excluding carboxylic acids is 1. The van der Waals surface area contributed by atoms with Crippen LogP contribution in [0.3, 0.4) is 0 Å². The monoisotopic (exact) mass is 436 g/mol. The molecule has 1 amide bonds. The molecule has 0 saturated heterocycles. The fraction of sp³-hybridized carbons (Fsp3) is 0.182. The molecular weight excluding hydrogens is 415 g/mol. The van der Waals surface area contributed by atoms with Crippen LogP contribution in [-0.2, 0) is 4.79 Å². The minimum absolute atomic E-state index is 0.136. The quantitative estimate of drug-likeness (QED) is 0.429. The summed E-state index contributed by atoms with van der Waals surface area (Å²) in [4.78, 5) is 12.5. The Labute approximate surface area is 183 Å². The van der Waals surface area contributed by atoms with E-state index in [0.29, 0.717) is 16.8 Å². The molecule has 0 aliphatic heterocycles. The number of carbonyl (C=O) groups is 1. The third-order valence-corrected chi connectivity index (χ3v) is 5.44. The first-order valence-electron chi connectivity index (χ1n) is 9.76. The third-order valence-electron chi connectivity index (χ3n) is 4.51. The Balaban J connectivity index is 1.57. The molecule has 0 radical (unpaired) electrons. The van der Waals surface area contributed by atoms with Crippen molar-refractivity contribution in [3.05, 3.63) is 72.7 Å². The highest BCUT2D eigenvalue weighted by molar-refractivity contribution is 7.99. The maximum Gasteiger partial charge on any atom is 0.235 e. The van der Waals surface area contributed by atoms with Gasteiger partial charge < -0.3 is 5.32 Å². The zero-order valence-electron chi connectivity index (χ0n) is 17.1. The molecule has 0 aliphatic rings. The maximum atomic E-state index is 13.4. The third kappa shape index (κ3) is 4.66. The van der Waals surface area contributed by atoms with Crippen LogP contribution in [0.4, 0.5) is 10.2 Å². The van der Waals surface area contributed by atoms with E-state index in [1.165, 1.54) is 23.9 Å². The molecule has 158 valence electrons. The van der Waals surface area contributed by atoms with Crippen molar-refractivity contribution in [1.82, 2.24) is 24.5 Å². The number of rotatable bonds is 7. The number of hydrogen-bond acceptors (Lipinski definition) is 5. The lowest BCUT2D eigenvalue weighted by Gasteiger charge is -2.12. The van der Waals surface area contributed by atoms with E-state index in [9.17, 15) is 9.18 Å². The first-order valence-corrected chi connectivity index (χ1v) is 10.7. The number of halogens is 1. The first kappa shape index (κ1) is 20.8. The van der Waals surface area contributed by atoms with Gasteiger partial charge in [-0.05, 0) is 50.2 Å². The molecule has 4 aromatic rings. The average molecular weight is 437 g/mol. The van der Waals surface area contributed by atoms with Crippen molar-refractivity contribution in [2.75, 3.05) is 11.1 Å². The Kier molecular flexibility index (Phi) is 6.13. The van der Waals surface area contributed by atoms with Gasteiger partial charge in [-0.15, -0.1) is 10.2 Å². The van der Waals surface area contributed by atoms with Crippen molar-refractivity contribution in [3.63, 3.8) is 0 Å². The molecule has 0 saturated carbocycles. The fourth-order valence-corrected chi connectivity index (χ4v) is 3.84. The Morgan fingerprint density at radius 3 is 2.52 bits per heavy atom. The second-order valence-corrected chi connectivity index (χ2v) is 8.02. The number of aromatic nitrogens is 5. The van der Waals surface area contributed by atoms with E-state index in [0.717, 1.165) is 11.3 Å². The maximum absolute atomic E-state index is 13.4. The molecule has 0 unspecified atom stereocenters. The molecule has 0 bridgehead atoms. The normalized spacial score (nSPS) is 11.1. The molecule has 0 spiro atoms. The first-order chi connectivity index (χ1) is 15.0. The highest BCUT2D eigenvalue weighted by Gasteiger charge is 2.18. The summed E-state index contributed by atoms with van der Waals surface area (Å²) in [5.74, 6) is 0.890. The number of hydrogen-bond donors (Lipinski definition) is 1. The number of nitrogens with one attached hydrogen (secondary N) is 1. The van der Waals surface area contributed by atoms with Crippen LogP contribution in [0.5, 0.6) is 0 Å². The molecule has 1 N–H and O–H groups in total. The number of thioether (sulfide) groups is 1. The van der Waals surface area contributed by atoms with Crippen LogP contribution < -0.4 is 5.32 Å². The topological polar surface area (TPSA) is 77.6 Å². The van der Waals surface area contributed by atoms with Gasteiger partial charge in [-0.2, -0.15) is 5.10 Å². The molecule has 4 rings (SSSR count). The Hall–Kier alpha value is -3.46. The number of anilines is 1. The highest BCUT2D eigenvalue weighted by atomic mass is 32.2. The van der Waals surface area contributed by atoms with Gasteiger partial charge in [-0.1, -0.05) is 30.0 Å². The second kappa shape index (κ2) is 9.13. The van der Waals surface area contributed by atoms with Gasteiger partial charge in [0, 0.05) is 23.4 Å². The van der Waals surface area contributed by atoms with Crippen LogP contribution in [0.1, 0.15) is 19.9 Å². The van der Waals surface area contributed by atoms with Crippen molar-refractivity contribution < 1.29 is 9.18 Å². The standard InChI is InChI=1S/C22H21FN6OS/c1-15(2)29-19(12-13-24-29)25-20(30)14-31-22-27-26-21(16-8-10-17(23)11-9-16)28(22)18-6-4-3-5-7-18/h3-13,15H,14H2,1-2H3,(H,25,30). The highest BCUT2D eigenvalue weighted by Crippen LogP contribution is 2.28. The Morgan fingerprint density at radius 2 is 1.81 bits per heavy atom. The van der Waals surface area contributed by atoms with Gasteiger partial charge in [-0.25, -0.2) is 9.07 Å². The number of nitrogens with zero attached hydrogens (tertiary/aromatic N) is 5. The van der Waals surface area contributed by atoms with Gasteiger partial charge >= 0.3 is 0 Å². The summed E-state index contributed by atoms with van der Waals surface area (Å²) >= 11 is 1.28. The van der Waals surface area contributed by atoms with Gasteiger partial charge in [0.1, 0.15) is 11.6 Å². The van der Waals surface area contributed by atoms with Crippen molar-refractivity contribution >= 4 is 23.5 Å². The zero-order valence-corrected chi connectivity index (χ0v) is 17.9. The summed E-state index contributed by atoms with van der Waals surface area (Å²) in [5.41, 5.74) is 1.59. The minimum Gasteiger partial charge on any atom is -0.310 e. The van der Waals surface area contributed by atoms with Crippen LogP contribution in [0.25, 0.3) is 17.1 Å². The van der Waals surface area contributed by atoms with Gasteiger partial charge in [0.15, 0.2) is 11.0 Å². The molecular formula is C22H21FN6OS. The summed E-state index contributed by atoms with van der Waals surface area (Å²) in [5, 5.41) is 16.3. The predicted octanol–water partition coefficient (Wildman–Crippen LogP) is 4.58. The van der Waals surface area contributed by atoms with Gasteiger partial charge in [-0.3, -0.25) is 9.36 Å². The Morgan fingerprint density at radius 1 is 1.06 bits per heavy atom. The summed E-state index contributed by atoms with van der Waals surface area (Å²) in [7, 11) is 0. The molecule has 2 heterocycles. The van der Waals surface area contributed by atoms with Gasteiger partial charge in [0.05, 0.1) is 11.9 Å². The molecule has 7 nitrogen and oxygen atoms in total. The number of amides is 1. The number of benzene rings is 2. The predicted molar refractivity (Wildman–Crippen MR) is 119 cm³/mol. The smallest absolute Gasteiger partial charge is 0.235 e. The zero-order chi connectivity index (χ0) is 21.8. The molecule has 2 aromatic carbocycles. The van der Waals surface area contributed by atoms with Crippen LogP contribution in [0.2, 0.25) is 0 Å². The van der Waals surface area contributed by atoms with Crippen LogP contribution in [0, 0.1) is 5.82 Å². The largest absolute Gasteiger partial charge is 0.310 e. The van der Waals surface area contributed by atoms with E-state index >= 15 is 0 Å². The van der Waals surface area contributed by atoms with Crippen LogP contribution >= 0.6 is 11.8 Å². The van der Waals surface area contributed by atoms with E-state index in [1.807, 2.05) is 48.7 Å². The lowest BCUT2D eigenvalue weighted by atomic mass is 10.2. The Bertz CT molecular complexity index is 1170. The summed E-state index contributed by atoms with van der Waals surface area (Å²) in [6, 6.07) is 17.6. The van der Waals surface area contributed by atoms with E-state index < -0.39 is 0 Å². The summed E-state index contributed by atoms with van der Waals surface area (Å²) in [6.45, 7) is 3.99. The van der Waals surface area contributed by atoms with Crippen LogP contribution in [0.15, 0.2) is 72.0 Å². The van der Waals surface area contributed by atoms with Crippen molar-refractivity contribution in [1.29, 1.82) is 0 Å². The fourth-order valence-electron chi connectivity index (χ4n) is 3.09. The van der Waals surface area contributed by atoms with E-state index in [4.69, 9.17) is 0 Å². The SMILES string of the molecule is CC(C)n1nccc1NC(=O)CSc1nnc(-c2ccc(F)cc2)n1-c1ccccc1. The lowest BCUT2D eigenvalue weighted by molar-refractivity contribution is -0.113. The van der Waals surface area contributed by atoms with E-state index in [-0.39, 0.29) is 23.5 Å². The molecule has 0 aliphatic carbocycles. The summed E-state index contributed by atoms with van der Waals surface area (Å²) in [6.07, 6.45) is 1.66. The van der Waals surface area contributed by atoms with Crippen molar-refractivity contribution in [3.8, 4) is 17.1 Å². The van der Waals surface area contributed by atoms with Crippen molar-refractivity contribution in [2.24, 2.45) is 0 Å². The minimum atomic E-state index is -0.318. The lowest BCUT2D eigenvalue weighted by Crippen LogP contribution is -2.18. The van der Waals surface area contributed by atoms with Gasteiger partial charge in [0.25, 0.3) is 0 Å². The van der Waals surface area contributed by atoms with Gasteiger partial charge in [0.2, 0.25) is 5.91 Å². The number of para-hydroxylation sites is 1. The molecule has 0 atom stereocenters. The molecule has 31 heavy (non-hydrogen) atoms.